The molecule has 0 saturated carbocycles. The molecule has 0 aromatic heterocycles. The lowest BCUT2D eigenvalue weighted by atomic mass is 10.1. The number of nitrogens with zero attached hydrogens (tertiary/aromatic N) is 3. The number of aliphatic carboxylic acids is 1. The van der Waals surface area contributed by atoms with E-state index in [1.54, 1.807) is 37.2 Å². The van der Waals surface area contributed by atoms with E-state index in [1.165, 1.54) is 0 Å². The molecule has 1 aliphatic rings. The first-order valence-electron chi connectivity index (χ1n) is 4.17. The van der Waals surface area contributed by atoms with Crippen molar-refractivity contribution in [1.29, 1.82) is 0 Å². The maximum Gasteiger partial charge on any atom is 0.344 e. The molecule has 0 aliphatic carbocycles. The van der Waals surface area contributed by atoms with Crippen LogP contribution in [-0.2, 0) is 4.79 Å². The van der Waals surface area contributed by atoms with E-state index in [0.29, 0.717) is 13.1 Å². The quantitative estimate of drug-likeness (QED) is 0.655. The molecule has 1 unspecified atom stereocenters. The molecule has 1 atom stereocenters. The van der Waals surface area contributed by atoms with Gasteiger partial charge >= 0.3 is 5.97 Å². The Morgan fingerprint density at radius 1 is 1.69 bits per heavy atom. The van der Waals surface area contributed by atoms with E-state index in [0.717, 1.165) is 0 Å². The van der Waals surface area contributed by atoms with Crippen molar-refractivity contribution in [3.63, 3.8) is 0 Å². The van der Waals surface area contributed by atoms with Gasteiger partial charge in [-0.2, -0.15) is 0 Å². The van der Waals surface area contributed by atoms with E-state index in [1.807, 2.05) is 0 Å². The number of carboxylic acids is 1. The van der Waals surface area contributed by atoms with E-state index < -0.39 is 11.6 Å². The highest BCUT2D eigenvalue weighted by molar-refractivity contribution is 5.81. The zero-order valence-electron chi connectivity index (χ0n) is 8.19. The van der Waals surface area contributed by atoms with Crippen molar-refractivity contribution in [2.75, 3.05) is 27.2 Å². The van der Waals surface area contributed by atoms with Crippen molar-refractivity contribution in [3.05, 3.63) is 0 Å². The molecule has 1 aliphatic heterocycles. The maximum atomic E-state index is 11.1. The molecule has 0 spiro atoms. The Morgan fingerprint density at radius 3 is 2.62 bits per heavy atom. The third-order valence-corrected chi connectivity index (χ3v) is 2.53. The molecule has 0 bridgehead atoms. The van der Waals surface area contributed by atoms with Crippen LogP contribution >= 0.6 is 0 Å². The molecule has 1 rings (SSSR count). The van der Waals surface area contributed by atoms with Crippen LogP contribution < -0.4 is 0 Å². The molecule has 0 amide bonds. The van der Waals surface area contributed by atoms with Gasteiger partial charge in [-0.3, -0.25) is 9.89 Å². The molecule has 5 nitrogen and oxygen atoms in total. The largest absolute Gasteiger partial charge is 0.478 e. The fourth-order valence-corrected chi connectivity index (χ4v) is 1.28. The molecule has 0 radical (unpaired) electrons. The second kappa shape index (κ2) is 3.33. The summed E-state index contributed by atoms with van der Waals surface area (Å²) < 4.78 is 0. The van der Waals surface area contributed by atoms with E-state index in [2.05, 4.69) is 4.99 Å². The molecule has 1 N–H and O–H groups in total. The normalized spacial score (nSPS) is 20.8. The smallest absolute Gasteiger partial charge is 0.344 e. The van der Waals surface area contributed by atoms with E-state index in [4.69, 9.17) is 5.11 Å². The Hall–Kier alpha value is -1.10. The minimum atomic E-state index is -0.986. The topological polar surface area (TPSA) is 56.1 Å². The minimum absolute atomic E-state index is 0.668. The molecule has 1 heterocycles. The number of carboxylic acid groups (broad SMARTS) is 1. The third-order valence-electron chi connectivity index (χ3n) is 2.53. The summed E-state index contributed by atoms with van der Waals surface area (Å²) in [6, 6.07) is 0. The standard InChI is InChI=1S/C8H15N3O2/c1-8(7(12)13,10(2)3)11-5-4-9-6-11/h6H,4-5H2,1-3H3,(H,12,13). The summed E-state index contributed by atoms with van der Waals surface area (Å²) in [6.07, 6.45) is 1.61. The van der Waals surface area contributed by atoms with E-state index in [-0.39, 0.29) is 0 Å². The molecule has 5 heteroatoms. The van der Waals surface area contributed by atoms with Crippen LogP contribution in [0.25, 0.3) is 0 Å². The second-order valence-corrected chi connectivity index (χ2v) is 3.44. The van der Waals surface area contributed by atoms with Crippen molar-refractivity contribution >= 4 is 12.3 Å². The predicted octanol–water partition coefficient (Wildman–Crippen LogP) is -0.307. The Kier molecular flexibility index (Phi) is 2.56. The van der Waals surface area contributed by atoms with Crippen LogP contribution in [0.2, 0.25) is 0 Å². The monoisotopic (exact) mass is 185 g/mol. The van der Waals surface area contributed by atoms with Gasteiger partial charge in [-0.1, -0.05) is 0 Å². The number of carbonyl (C=O) groups is 1. The van der Waals surface area contributed by atoms with E-state index in [9.17, 15) is 4.79 Å². The Morgan fingerprint density at radius 2 is 2.31 bits per heavy atom. The first kappa shape index (κ1) is 9.98. The minimum Gasteiger partial charge on any atom is -0.478 e. The average Bonchev–Trinajstić information content (AvgIpc) is 2.54. The molecule has 0 aromatic carbocycles. The highest BCUT2D eigenvalue weighted by atomic mass is 16.4. The molecule has 0 fully saturated rings. The van der Waals surface area contributed by atoms with Crippen LogP contribution in [0, 0.1) is 0 Å². The first-order chi connectivity index (χ1) is 5.99. The fraction of sp³-hybridized carbons (Fsp3) is 0.750. The Bertz CT molecular complexity index is 240. The number of aliphatic imine (C=N–C) groups is 1. The lowest BCUT2D eigenvalue weighted by Gasteiger charge is -2.39. The summed E-state index contributed by atoms with van der Waals surface area (Å²) in [5, 5.41) is 9.12. The van der Waals surface area contributed by atoms with Crippen LogP contribution in [0.4, 0.5) is 0 Å². The fourth-order valence-electron chi connectivity index (χ4n) is 1.28. The average molecular weight is 185 g/mol. The van der Waals surface area contributed by atoms with Gasteiger partial charge < -0.3 is 10.0 Å². The van der Waals surface area contributed by atoms with Gasteiger partial charge in [0.2, 0.25) is 0 Å². The van der Waals surface area contributed by atoms with Gasteiger partial charge in [-0.15, -0.1) is 0 Å². The summed E-state index contributed by atoms with van der Waals surface area (Å²) in [5.74, 6) is -0.856. The summed E-state index contributed by atoms with van der Waals surface area (Å²) >= 11 is 0. The van der Waals surface area contributed by atoms with Crippen molar-refractivity contribution in [3.8, 4) is 0 Å². The molecular weight excluding hydrogens is 170 g/mol. The number of likely N-dealkylation sites (N-methyl/N-ethyl adjacent to an activating group) is 1. The lowest BCUT2D eigenvalue weighted by Crippen LogP contribution is -2.60. The van der Waals surface area contributed by atoms with Crippen LogP contribution in [0.5, 0.6) is 0 Å². The maximum absolute atomic E-state index is 11.1. The van der Waals surface area contributed by atoms with E-state index >= 15 is 0 Å². The second-order valence-electron chi connectivity index (χ2n) is 3.44. The van der Waals surface area contributed by atoms with Gasteiger partial charge in [0.1, 0.15) is 0 Å². The van der Waals surface area contributed by atoms with Crippen molar-refractivity contribution in [2.24, 2.45) is 4.99 Å². The molecule has 74 valence electrons. The van der Waals surface area contributed by atoms with Gasteiger partial charge in [0, 0.05) is 6.54 Å². The molecule has 0 saturated heterocycles. The molecule has 0 aromatic rings. The SMILES string of the molecule is CN(C)C(C)(C(=O)O)N1C=NCC1. The summed E-state index contributed by atoms with van der Waals surface area (Å²) in [4.78, 5) is 18.5. The number of rotatable bonds is 3. The lowest BCUT2D eigenvalue weighted by molar-refractivity contribution is -0.157. The Labute approximate surface area is 77.7 Å². The number of hydrogen-bond donors (Lipinski definition) is 1. The highest BCUT2D eigenvalue weighted by Crippen LogP contribution is 2.18. The Balaban J connectivity index is 2.90. The van der Waals surface area contributed by atoms with Crippen LogP contribution in [0.3, 0.4) is 0 Å². The first-order valence-corrected chi connectivity index (χ1v) is 4.17. The number of hydrogen-bond acceptors (Lipinski definition) is 4. The summed E-state index contributed by atoms with van der Waals surface area (Å²) in [7, 11) is 3.50. The van der Waals surface area contributed by atoms with Gasteiger partial charge in [-0.25, -0.2) is 4.79 Å². The van der Waals surface area contributed by atoms with Gasteiger partial charge in [0.05, 0.1) is 12.9 Å². The molecular formula is C8H15N3O2. The third kappa shape index (κ3) is 1.51. The van der Waals surface area contributed by atoms with Crippen molar-refractivity contribution in [1.82, 2.24) is 9.80 Å². The zero-order chi connectivity index (χ0) is 10.1. The van der Waals surface area contributed by atoms with Crippen LogP contribution in [0.1, 0.15) is 6.92 Å². The summed E-state index contributed by atoms with van der Waals surface area (Å²) in [6.45, 7) is 3.02. The predicted molar refractivity (Wildman–Crippen MR) is 49.8 cm³/mol. The zero-order valence-corrected chi connectivity index (χ0v) is 8.19. The van der Waals surface area contributed by atoms with Crippen LogP contribution in [0.15, 0.2) is 4.99 Å². The van der Waals surface area contributed by atoms with Crippen molar-refractivity contribution in [2.45, 2.75) is 12.6 Å². The molecule has 13 heavy (non-hydrogen) atoms. The van der Waals surface area contributed by atoms with Crippen LogP contribution in [-0.4, -0.2) is 60.1 Å². The van der Waals surface area contributed by atoms with Crippen molar-refractivity contribution < 1.29 is 9.90 Å². The van der Waals surface area contributed by atoms with Gasteiger partial charge in [-0.05, 0) is 21.0 Å². The summed E-state index contributed by atoms with van der Waals surface area (Å²) in [5.41, 5.74) is -0.986. The van der Waals surface area contributed by atoms with Gasteiger partial charge in [0.15, 0.2) is 5.66 Å². The van der Waals surface area contributed by atoms with Gasteiger partial charge in [0.25, 0.3) is 0 Å². The highest BCUT2D eigenvalue weighted by Gasteiger charge is 2.41.